The molecule has 0 radical (unpaired) electrons. The number of ether oxygens (including phenoxy) is 1. The maximum atomic E-state index is 5.59. The maximum absolute atomic E-state index is 5.59. The molecule has 0 spiro atoms. The summed E-state index contributed by atoms with van der Waals surface area (Å²) in [7, 11) is 0. The average Bonchev–Trinajstić information content (AvgIpc) is 2.48. The lowest BCUT2D eigenvalue weighted by molar-refractivity contribution is 0.128. The molecule has 0 aliphatic heterocycles. The number of aryl methyl sites for hydroxylation is 1. The highest BCUT2D eigenvalue weighted by atomic mass is 127. The van der Waals surface area contributed by atoms with Crippen LogP contribution in [0, 0.1) is 12.8 Å². The lowest BCUT2D eigenvalue weighted by Gasteiger charge is -2.12. The van der Waals surface area contributed by atoms with Gasteiger partial charge in [0, 0.05) is 25.4 Å². The van der Waals surface area contributed by atoms with Crippen molar-refractivity contribution >= 4 is 29.9 Å². The molecule has 1 rings (SSSR count). The Kier molecular flexibility index (Phi) is 13.0. The molecule has 132 valence electrons. The first-order valence-electron chi connectivity index (χ1n) is 8.14. The van der Waals surface area contributed by atoms with Crippen LogP contribution in [0.25, 0.3) is 0 Å². The summed E-state index contributed by atoms with van der Waals surface area (Å²) in [5.41, 5.74) is 1.99. The molecule has 0 unspecified atom stereocenters. The van der Waals surface area contributed by atoms with E-state index in [0.717, 1.165) is 43.5 Å². The molecule has 1 aromatic rings. The lowest BCUT2D eigenvalue weighted by atomic mass is 10.1. The van der Waals surface area contributed by atoms with Crippen LogP contribution in [0.15, 0.2) is 23.2 Å². The number of aliphatic imine (C=N–C) groups is 1. The Morgan fingerprint density at radius 1 is 1.26 bits per heavy atom. The highest BCUT2D eigenvalue weighted by molar-refractivity contribution is 14.0. The van der Waals surface area contributed by atoms with Crippen molar-refractivity contribution < 1.29 is 4.74 Å². The Bertz CT molecular complexity index is 452. The molecule has 0 amide bonds. The standard InChI is InChI=1S/C17H30N4O.HI/c1-5-18-17(19-10-12-22-11-9-14(2)3)20-13-16-8-6-7-15(4)21-16;/h6-8,14H,5,9-13H2,1-4H3,(H2,18,19,20);1H. The summed E-state index contributed by atoms with van der Waals surface area (Å²) < 4.78 is 5.59. The monoisotopic (exact) mass is 434 g/mol. The first-order chi connectivity index (χ1) is 10.6. The van der Waals surface area contributed by atoms with Crippen molar-refractivity contribution in [1.29, 1.82) is 0 Å². The summed E-state index contributed by atoms with van der Waals surface area (Å²) in [4.78, 5) is 9.00. The predicted molar refractivity (Wildman–Crippen MR) is 107 cm³/mol. The summed E-state index contributed by atoms with van der Waals surface area (Å²) >= 11 is 0. The number of hydrogen-bond donors (Lipinski definition) is 2. The molecule has 0 saturated heterocycles. The van der Waals surface area contributed by atoms with Gasteiger partial charge in [-0.1, -0.05) is 19.9 Å². The summed E-state index contributed by atoms with van der Waals surface area (Å²) in [6, 6.07) is 6.00. The number of hydrogen-bond acceptors (Lipinski definition) is 3. The SMILES string of the molecule is CCNC(=NCc1cccc(C)n1)NCCOCCC(C)C.I. The second-order valence-electron chi connectivity index (χ2n) is 5.69. The van der Waals surface area contributed by atoms with Gasteiger partial charge in [0.1, 0.15) is 0 Å². The minimum atomic E-state index is 0. The Morgan fingerprint density at radius 3 is 2.70 bits per heavy atom. The maximum Gasteiger partial charge on any atom is 0.191 e. The predicted octanol–water partition coefficient (Wildman–Crippen LogP) is 3.13. The van der Waals surface area contributed by atoms with E-state index in [2.05, 4.69) is 41.4 Å². The number of pyridine rings is 1. The molecule has 0 saturated carbocycles. The first-order valence-corrected chi connectivity index (χ1v) is 8.14. The van der Waals surface area contributed by atoms with Crippen molar-refractivity contribution in [3.05, 3.63) is 29.6 Å². The van der Waals surface area contributed by atoms with Crippen molar-refractivity contribution in [3.8, 4) is 0 Å². The Labute approximate surface area is 157 Å². The van der Waals surface area contributed by atoms with Crippen molar-refractivity contribution in [3.63, 3.8) is 0 Å². The van der Waals surface area contributed by atoms with Crippen LogP contribution >= 0.6 is 24.0 Å². The number of guanidine groups is 1. The molecule has 0 bridgehead atoms. The average molecular weight is 434 g/mol. The van der Waals surface area contributed by atoms with E-state index in [4.69, 9.17) is 4.74 Å². The third-order valence-electron chi connectivity index (χ3n) is 3.07. The summed E-state index contributed by atoms with van der Waals surface area (Å²) in [6.45, 7) is 12.1. The van der Waals surface area contributed by atoms with Gasteiger partial charge in [-0.25, -0.2) is 4.99 Å². The van der Waals surface area contributed by atoms with Crippen molar-refractivity contribution in [2.45, 2.75) is 40.7 Å². The molecule has 5 nitrogen and oxygen atoms in total. The van der Waals surface area contributed by atoms with E-state index in [9.17, 15) is 0 Å². The number of rotatable bonds is 9. The van der Waals surface area contributed by atoms with Crippen LogP contribution < -0.4 is 10.6 Å². The highest BCUT2D eigenvalue weighted by Crippen LogP contribution is 2.00. The van der Waals surface area contributed by atoms with Gasteiger partial charge in [-0.2, -0.15) is 0 Å². The third-order valence-corrected chi connectivity index (χ3v) is 3.07. The van der Waals surface area contributed by atoms with Crippen LogP contribution in [0.5, 0.6) is 0 Å². The number of nitrogens with zero attached hydrogens (tertiary/aromatic N) is 2. The fourth-order valence-corrected chi connectivity index (χ4v) is 1.85. The van der Waals surface area contributed by atoms with Gasteiger partial charge in [0.25, 0.3) is 0 Å². The largest absolute Gasteiger partial charge is 0.380 e. The molecular weight excluding hydrogens is 403 g/mol. The molecule has 6 heteroatoms. The van der Waals surface area contributed by atoms with Crippen LogP contribution in [-0.4, -0.2) is 37.2 Å². The van der Waals surface area contributed by atoms with E-state index in [1.165, 1.54) is 0 Å². The zero-order chi connectivity index (χ0) is 16.2. The summed E-state index contributed by atoms with van der Waals surface area (Å²) in [5.74, 6) is 1.49. The van der Waals surface area contributed by atoms with Gasteiger partial charge in [-0.05, 0) is 38.3 Å². The van der Waals surface area contributed by atoms with E-state index in [0.29, 0.717) is 19.1 Å². The molecule has 0 atom stereocenters. The van der Waals surface area contributed by atoms with Crippen LogP contribution in [0.1, 0.15) is 38.6 Å². The number of halogens is 1. The normalized spacial score (nSPS) is 11.3. The zero-order valence-electron chi connectivity index (χ0n) is 14.8. The lowest BCUT2D eigenvalue weighted by Crippen LogP contribution is -2.39. The van der Waals surface area contributed by atoms with Crippen LogP contribution in [0.3, 0.4) is 0 Å². The molecular formula is C17H31IN4O. The molecule has 0 aliphatic carbocycles. The second-order valence-corrected chi connectivity index (χ2v) is 5.69. The minimum Gasteiger partial charge on any atom is -0.380 e. The third kappa shape index (κ3) is 11.3. The van der Waals surface area contributed by atoms with Gasteiger partial charge in [-0.15, -0.1) is 24.0 Å². The quantitative estimate of drug-likeness (QED) is 0.272. The van der Waals surface area contributed by atoms with Crippen molar-refractivity contribution in [2.24, 2.45) is 10.9 Å². The van der Waals surface area contributed by atoms with Crippen LogP contribution in [-0.2, 0) is 11.3 Å². The molecule has 0 aromatic carbocycles. The molecule has 23 heavy (non-hydrogen) atoms. The Balaban J connectivity index is 0.00000484. The molecule has 0 aliphatic rings. The minimum absolute atomic E-state index is 0. The Hall–Kier alpha value is -0.890. The van der Waals surface area contributed by atoms with Crippen LogP contribution in [0.4, 0.5) is 0 Å². The van der Waals surface area contributed by atoms with Crippen molar-refractivity contribution in [2.75, 3.05) is 26.3 Å². The summed E-state index contributed by atoms with van der Waals surface area (Å²) in [5, 5.41) is 6.51. The van der Waals surface area contributed by atoms with Crippen LogP contribution in [0.2, 0.25) is 0 Å². The highest BCUT2D eigenvalue weighted by Gasteiger charge is 1.99. The summed E-state index contributed by atoms with van der Waals surface area (Å²) in [6.07, 6.45) is 1.10. The first kappa shape index (κ1) is 22.1. The van der Waals surface area contributed by atoms with Crippen molar-refractivity contribution in [1.82, 2.24) is 15.6 Å². The molecule has 2 N–H and O–H groups in total. The molecule has 1 aromatic heterocycles. The van der Waals surface area contributed by atoms with Gasteiger partial charge in [0.05, 0.1) is 18.8 Å². The second kappa shape index (κ2) is 13.5. The molecule has 1 heterocycles. The van der Waals surface area contributed by atoms with Gasteiger partial charge in [-0.3, -0.25) is 4.98 Å². The van der Waals surface area contributed by atoms with Gasteiger partial charge in [0.15, 0.2) is 5.96 Å². The van der Waals surface area contributed by atoms with E-state index in [1.54, 1.807) is 0 Å². The van der Waals surface area contributed by atoms with Gasteiger partial charge >= 0.3 is 0 Å². The smallest absolute Gasteiger partial charge is 0.191 e. The van der Waals surface area contributed by atoms with E-state index in [1.807, 2.05) is 25.1 Å². The fourth-order valence-electron chi connectivity index (χ4n) is 1.85. The van der Waals surface area contributed by atoms with Gasteiger partial charge < -0.3 is 15.4 Å². The Morgan fingerprint density at radius 2 is 2.04 bits per heavy atom. The van der Waals surface area contributed by atoms with E-state index < -0.39 is 0 Å². The fraction of sp³-hybridized carbons (Fsp3) is 0.647. The van der Waals surface area contributed by atoms with E-state index >= 15 is 0 Å². The van der Waals surface area contributed by atoms with E-state index in [-0.39, 0.29) is 24.0 Å². The molecule has 0 fully saturated rings. The van der Waals surface area contributed by atoms with Gasteiger partial charge in [0.2, 0.25) is 0 Å². The zero-order valence-corrected chi connectivity index (χ0v) is 17.1. The topological polar surface area (TPSA) is 58.5 Å². The number of nitrogens with one attached hydrogen (secondary N) is 2. The number of aromatic nitrogens is 1.